The zero-order chi connectivity index (χ0) is 17.3. The van der Waals surface area contributed by atoms with Gasteiger partial charge < -0.3 is 19.4 Å². The Hall–Kier alpha value is -1.85. The predicted molar refractivity (Wildman–Crippen MR) is 94.4 cm³/mol. The molecular formula is C19H26N2O3. The van der Waals surface area contributed by atoms with Gasteiger partial charge in [0.2, 0.25) is 0 Å². The minimum Gasteiger partial charge on any atom is -0.424 e. The fraction of sp³-hybridized carbons (Fsp3) is 0.526. The Morgan fingerprint density at radius 3 is 2.75 bits per heavy atom. The Labute approximate surface area is 142 Å². The van der Waals surface area contributed by atoms with Gasteiger partial charge in [-0.15, -0.1) is 0 Å². The molecule has 0 unspecified atom stereocenters. The summed E-state index contributed by atoms with van der Waals surface area (Å²) in [5, 5.41) is 0.981. The number of aromatic nitrogens is 1. The van der Waals surface area contributed by atoms with Gasteiger partial charge in [-0.25, -0.2) is 4.79 Å². The van der Waals surface area contributed by atoms with Crippen molar-refractivity contribution < 1.29 is 14.3 Å². The molecule has 1 heterocycles. The van der Waals surface area contributed by atoms with E-state index in [9.17, 15) is 4.79 Å². The average Bonchev–Trinajstić information content (AvgIpc) is 3.21. The predicted octanol–water partition coefficient (Wildman–Crippen LogP) is 3.14. The molecule has 0 radical (unpaired) electrons. The van der Waals surface area contributed by atoms with Gasteiger partial charge in [-0.1, -0.05) is 6.07 Å². The number of aromatic amines is 1. The highest BCUT2D eigenvalue weighted by molar-refractivity contribution is 5.92. The number of carbonyl (C=O) groups excluding carboxylic acids is 1. The molecule has 1 aromatic carbocycles. The lowest BCUT2D eigenvalue weighted by molar-refractivity contribution is -0.159. The van der Waals surface area contributed by atoms with Gasteiger partial charge in [0.25, 0.3) is 0 Å². The van der Waals surface area contributed by atoms with Gasteiger partial charge in [-0.05, 0) is 64.9 Å². The Kier molecular flexibility index (Phi) is 4.65. The second-order valence-corrected chi connectivity index (χ2v) is 7.26. The molecule has 0 spiro atoms. The Bertz CT molecular complexity index is 729. The minimum absolute atomic E-state index is 0.200. The number of ether oxygens (including phenoxy) is 2. The fourth-order valence-electron chi connectivity index (χ4n) is 2.72. The Morgan fingerprint density at radius 1 is 1.33 bits per heavy atom. The Balaban J connectivity index is 1.82. The van der Waals surface area contributed by atoms with E-state index in [-0.39, 0.29) is 12.1 Å². The zero-order valence-electron chi connectivity index (χ0n) is 14.9. The van der Waals surface area contributed by atoms with Crippen LogP contribution in [0.3, 0.4) is 0 Å². The molecule has 1 aliphatic rings. The average molecular weight is 330 g/mol. The van der Waals surface area contributed by atoms with E-state index in [1.807, 2.05) is 38.5 Å². The summed E-state index contributed by atoms with van der Waals surface area (Å²) in [4.78, 5) is 18.0. The summed E-state index contributed by atoms with van der Waals surface area (Å²) in [6.07, 6.45) is 5.14. The Morgan fingerprint density at radius 2 is 2.08 bits per heavy atom. The molecule has 0 saturated heterocycles. The number of rotatable bonds is 7. The number of esters is 1. The second-order valence-electron chi connectivity index (χ2n) is 7.26. The van der Waals surface area contributed by atoms with Crippen molar-refractivity contribution in [2.24, 2.45) is 0 Å². The smallest absolute Gasteiger partial charge is 0.343 e. The van der Waals surface area contributed by atoms with Crippen molar-refractivity contribution in [1.82, 2.24) is 9.88 Å². The van der Waals surface area contributed by atoms with Crippen LogP contribution in [-0.2, 0) is 16.0 Å². The van der Waals surface area contributed by atoms with E-state index in [1.165, 1.54) is 0 Å². The lowest BCUT2D eigenvalue weighted by Crippen LogP contribution is -2.39. The first-order valence-corrected chi connectivity index (χ1v) is 8.50. The zero-order valence-corrected chi connectivity index (χ0v) is 14.9. The summed E-state index contributed by atoms with van der Waals surface area (Å²) in [6, 6.07) is 5.74. The number of likely N-dealkylation sites (N-methyl/N-ethyl adjacent to an activating group) is 1. The third-order valence-electron chi connectivity index (χ3n) is 4.26. The van der Waals surface area contributed by atoms with Crippen LogP contribution in [0.1, 0.15) is 32.3 Å². The van der Waals surface area contributed by atoms with E-state index in [0.29, 0.717) is 5.75 Å². The highest BCUT2D eigenvalue weighted by atomic mass is 16.6. The third-order valence-corrected chi connectivity index (χ3v) is 4.26. The summed E-state index contributed by atoms with van der Waals surface area (Å²) < 4.78 is 11.5. The van der Waals surface area contributed by atoms with Gasteiger partial charge in [-0.2, -0.15) is 0 Å². The van der Waals surface area contributed by atoms with E-state index >= 15 is 0 Å². The van der Waals surface area contributed by atoms with Crippen molar-refractivity contribution in [3.8, 4) is 5.75 Å². The van der Waals surface area contributed by atoms with E-state index < -0.39 is 5.60 Å². The molecule has 0 amide bonds. The molecule has 5 heteroatoms. The van der Waals surface area contributed by atoms with Crippen molar-refractivity contribution in [3.63, 3.8) is 0 Å². The van der Waals surface area contributed by atoms with Crippen LogP contribution >= 0.6 is 0 Å². The molecule has 1 saturated carbocycles. The molecule has 130 valence electrons. The van der Waals surface area contributed by atoms with Crippen LogP contribution in [0.5, 0.6) is 5.75 Å². The molecule has 24 heavy (non-hydrogen) atoms. The topological polar surface area (TPSA) is 54.6 Å². The number of fused-ring (bicyclic) bond motifs is 1. The minimum atomic E-state index is -0.927. The first-order chi connectivity index (χ1) is 11.4. The largest absolute Gasteiger partial charge is 0.424 e. The van der Waals surface area contributed by atoms with Gasteiger partial charge in [0, 0.05) is 23.6 Å². The maximum Gasteiger partial charge on any atom is 0.343 e. The maximum atomic E-state index is 12.6. The fourth-order valence-corrected chi connectivity index (χ4v) is 2.72. The summed E-state index contributed by atoms with van der Waals surface area (Å²) in [5.41, 5.74) is 1.21. The van der Waals surface area contributed by atoms with Gasteiger partial charge >= 0.3 is 5.97 Å². The number of benzene rings is 1. The molecule has 3 rings (SSSR count). The molecule has 0 atom stereocenters. The molecular weight excluding hydrogens is 304 g/mol. The summed E-state index contributed by atoms with van der Waals surface area (Å²) in [6.45, 7) is 4.49. The van der Waals surface area contributed by atoms with Crippen molar-refractivity contribution in [2.45, 2.75) is 44.8 Å². The molecule has 5 nitrogen and oxygen atoms in total. The second kappa shape index (κ2) is 6.57. The molecule has 1 N–H and O–H groups in total. The van der Waals surface area contributed by atoms with Crippen LogP contribution in [0.25, 0.3) is 10.9 Å². The number of nitrogens with one attached hydrogen (secondary N) is 1. The standard InChI is InChI=1S/C19H26N2O3/c1-19(2,24-14-8-9-14)18(22)23-16-7-5-6-15-17(16)13(12-20-15)10-11-21(3)4/h5-7,12,14,20H,8-11H2,1-4H3. The number of nitrogens with zero attached hydrogens (tertiary/aromatic N) is 1. The van der Waals surface area contributed by atoms with E-state index in [0.717, 1.165) is 42.3 Å². The highest BCUT2D eigenvalue weighted by Crippen LogP contribution is 2.33. The van der Waals surface area contributed by atoms with Gasteiger partial charge in [0.1, 0.15) is 5.75 Å². The number of hydrogen-bond acceptors (Lipinski definition) is 4. The van der Waals surface area contributed by atoms with Gasteiger partial charge in [0.15, 0.2) is 5.60 Å². The number of H-pyrrole nitrogens is 1. The molecule has 1 aromatic heterocycles. The molecule has 1 fully saturated rings. The van der Waals surface area contributed by atoms with Crippen molar-refractivity contribution >= 4 is 16.9 Å². The molecule has 0 bridgehead atoms. The molecule has 0 aliphatic heterocycles. The highest BCUT2D eigenvalue weighted by Gasteiger charge is 2.38. The van der Waals surface area contributed by atoms with Crippen LogP contribution in [-0.4, -0.2) is 48.2 Å². The SMILES string of the molecule is CN(C)CCc1c[nH]c2cccc(OC(=O)C(C)(C)OC3CC3)c12. The first-order valence-electron chi connectivity index (χ1n) is 8.50. The lowest BCUT2D eigenvalue weighted by Gasteiger charge is -2.23. The normalized spacial score (nSPS) is 15.2. The summed E-state index contributed by atoms with van der Waals surface area (Å²) in [7, 11) is 4.10. The first kappa shape index (κ1) is 17.0. The van der Waals surface area contributed by atoms with Crippen molar-refractivity contribution in [2.75, 3.05) is 20.6 Å². The van der Waals surface area contributed by atoms with Crippen molar-refractivity contribution in [3.05, 3.63) is 30.0 Å². The van der Waals surface area contributed by atoms with Gasteiger partial charge in [0.05, 0.1) is 6.10 Å². The quantitative estimate of drug-likeness (QED) is 0.626. The number of carbonyl (C=O) groups is 1. The van der Waals surface area contributed by atoms with Crippen molar-refractivity contribution in [1.29, 1.82) is 0 Å². The van der Waals surface area contributed by atoms with E-state index in [4.69, 9.17) is 9.47 Å². The van der Waals surface area contributed by atoms with Crippen LogP contribution in [0, 0.1) is 0 Å². The van der Waals surface area contributed by atoms with Crippen LogP contribution < -0.4 is 4.74 Å². The summed E-state index contributed by atoms with van der Waals surface area (Å²) in [5.74, 6) is 0.252. The number of hydrogen-bond donors (Lipinski definition) is 1. The van der Waals surface area contributed by atoms with Crippen LogP contribution in [0.15, 0.2) is 24.4 Å². The maximum absolute atomic E-state index is 12.6. The monoisotopic (exact) mass is 330 g/mol. The van der Waals surface area contributed by atoms with E-state index in [1.54, 1.807) is 13.8 Å². The third kappa shape index (κ3) is 3.79. The lowest BCUT2D eigenvalue weighted by atomic mass is 10.1. The summed E-state index contributed by atoms with van der Waals surface area (Å²) >= 11 is 0. The molecule has 2 aromatic rings. The molecule has 1 aliphatic carbocycles. The van der Waals surface area contributed by atoms with Crippen LogP contribution in [0.4, 0.5) is 0 Å². The van der Waals surface area contributed by atoms with Crippen LogP contribution in [0.2, 0.25) is 0 Å². The van der Waals surface area contributed by atoms with E-state index in [2.05, 4.69) is 9.88 Å². The van der Waals surface area contributed by atoms with Gasteiger partial charge in [-0.3, -0.25) is 0 Å².